The molecule has 5 heteroatoms. The first kappa shape index (κ1) is 14.9. The number of esters is 1. The summed E-state index contributed by atoms with van der Waals surface area (Å²) >= 11 is 9.23. The number of rotatable bonds is 4. The van der Waals surface area contributed by atoms with E-state index in [0.29, 0.717) is 22.9 Å². The monoisotopic (exact) mass is 354 g/mol. The molecule has 0 aliphatic rings. The van der Waals surface area contributed by atoms with E-state index in [4.69, 9.17) is 21.1 Å². The van der Waals surface area contributed by atoms with Crippen molar-refractivity contribution in [1.29, 1.82) is 0 Å². The highest BCUT2D eigenvalue weighted by atomic mass is 79.9. The molecule has 0 aromatic heterocycles. The van der Waals surface area contributed by atoms with Gasteiger partial charge in [0.15, 0.2) is 0 Å². The average molecular weight is 356 g/mol. The van der Waals surface area contributed by atoms with Gasteiger partial charge >= 0.3 is 5.97 Å². The number of hydrogen-bond donors (Lipinski definition) is 0. The number of hydrogen-bond acceptors (Lipinski definition) is 3. The zero-order valence-corrected chi connectivity index (χ0v) is 13.1. The van der Waals surface area contributed by atoms with E-state index >= 15 is 0 Å². The lowest BCUT2D eigenvalue weighted by atomic mass is 10.2. The third-order valence-electron chi connectivity index (χ3n) is 2.63. The Balaban J connectivity index is 2.19. The van der Waals surface area contributed by atoms with E-state index in [9.17, 15) is 4.79 Å². The molecule has 0 fully saturated rings. The fraction of sp³-hybridized carbons (Fsp3) is 0.133. The maximum absolute atomic E-state index is 11.7. The van der Waals surface area contributed by atoms with Crippen LogP contribution in [0.3, 0.4) is 0 Å². The van der Waals surface area contributed by atoms with Crippen LogP contribution in [0.4, 0.5) is 0 Å². The van der Waals surface area contributed by atoms with Crippen molar-refractivity contribution in [3.05, 3.63) is 63.1 Å². The van der Waals surface area contributed by atoms with Crippen molar-refractivity contribution in [2.24, 2.45) is 0 Å². The van der Waals surface area contributed by atoms with Crippen LogP contribution in [0.2, 0.25) is 5.02 Å². The number of benzene rings is 2. The first-order chi connectivity index (χ1) is 9.60. The van der Waals surface area contributed by atoms with Crippen LogP contribution >= 0.6 is 27.5 Å². The molecule has 0 saturated carbocycles. The highest BCUT2D eigenvalue weighted by Crippen LogP contribution is 2.25. The van der Waals surface area contributed by atoms with Crippen LogP contribution in [0, 0.1) is 0 Å². The molecule has 0 atom stereocenters. The van der Waals surface area contributed by atoms with Gasteiger partial charge in [-0.1, -0.05) is 39.7 Å². The average Bonchev–Trinajstić information content (AvgIpc) is 2.45. The molecule has 0 spiro atoms. The molecule has 3 nitrogen and oxygen atoms in total. The number of carbonyl (C=O) groups is 1. The summed E-state index contributed by atoms with van der Waals surface area (Å²) < 4.78 is 11.2. The molecule has 0 N–H and O–H groups in total. The number of ether oxygens (including phenoxy) is 2. The molecule has 0 amide bonds. The predicted molar refractivity (Wildman–Crippen MR) is 81.3 cm³/mol. The fourth-order valence-electron chi connectivity index (χ4n) is 1.69. The van der Waals surface area contributed by atoms with Crippen LogP contribution < -0.4 is 4.74 Å². The van der Waals surface area contributed by atoms with Crippen LogP contribution in [0.1, 0.15) is 15.9 Å². The lowest BCUT2D eigenvalue weighted by Gasteiger charge is -2.11. The summed E-state index contributed by atoms with van der Waals surface area (Å²) in [4.78, 5) is 11.7. The molecule has 104 valence electrons. The van der Waals surface area contributed by atoms with Crippen LogP contribution in [-0.4, -0.2) is 13.1 Å². The molecule has 2 aromatic carbocycles. The van der Waals surface area contributed by atoms with E-state index in [1.165, 1.54) is 7.11 Å². The smallest absolute Gasteiger partial charge is 0.341 e. The first-order valence-electron chi connectivity index (χ1n) is 5.85. The number of carbonyl (C=O) groups excluding carboxylic acids is 1. The van der Waals surface area contributed by atoms with Crippen molar-refractivity contribution in [1.82, 2.24) is 0 Å². The first-order valence-corrected chi connectivity index (χ1v) is 7.02. The van der Waals surface area contributed by atoms with Gasteiger partial charge < -0.3 is 9.47 Å². The quantitative estimate of drug-likeness (QED) is 0.759. The van der Waals surface area contributed by atoms with Gasteiger partial charge in [0.1, 0.15) is 17.9 Å². The van der Waals surface area contributed by atoms with E-state index in [1.54, 1.807) is 24.3 Å². The van der Waals surface area contributed by atoms with Crippen molar-refractivity contribution in [3.63, 3.8) is 0 Å². The van der Waals surface area contributed by atoms with Gasteiger partial charge in [-0.2, -0.15) is 0 Å². The van der Waals surface area contributed by atoms with Crippen LogP contribution in [0.25, 0.3) is 0 Å². The van der Waals surface area contributed by atoms with Crippen LogP contribution in [0.15, 0.2) is 46.9 Å². The number of methoxy groups -OCH3 is 1. The fourth-order valence-corrected chi connectivity index (χ4v) is 2.26. The summed E-state index contributed by atoms with van der Waals surface area (Å²) in [5, 5.41) is 0.648. The second-order valence-corrected chi connectivity index (χ2v) is 5.40. The Labute approximate surface area is 130 Å². The van der Waals surface area contributed by atoms with Crippen LogP contribution in [-0.2, 0) is 11.3 Å². The maximum atomic E-state index is 11.7. The minimum absolute atomic E-state index is 0.326. The Morgan fingerprint density at radius 3 is 2.75 bits per heavy atom. The molecule has 0 aliphatic heterocycles. The van der Waals surface area contributed by atoms with E-state index < -0.39 is 5.97 Å². The molecule has 2 aromatic rings. The van der Waals surface area contributed by atoms with Gasteiger partial charge in [-0.3, -0.25) is 0 Å². The van der Waals surface area contributed by atoms with Crippen molar-refractivity contribution < 1.29 is 14.3 Å². The Bertz CT molecular complexity index is 628. The Morgan fingerprint density at radius 2 is 2.05 bits per heavy atom. The highest BCUT2D eigenvalue weighted by Gasteiger charge is 2.13. The molecular formula is C15H12BrClO3. The van der Waals surface area contributed by atoms with E-state index in [-0.39, 0.29) is 0 Å². The van der Waals surface area contributed by atoms with Crippen LogP contribution in [0.5, 0.6) is 5.75 Å². The molecule has 20 heavy (non-hydrogen) atoms. The van der Waals surface area contributed by atoms with Gasteiger partial charge in [-0.25, -0.2) is 4.79 Å². The van der Waals surface area contributed by atoms with Gasteiger partial charge in [-0.05, 0) is 35.9 Å². The normalized spacial score (nSPS) is 10.2. The summed E-state index contributed by atoms with van der Waals surface area (Å²) in [5.74, 6) is 0.0346. The molecule has 0 unspecified atom stereocenters. The second-order valence-electron chi connectivity index (χ2n) is 4.05. The second kappa shape index (κ2) is 6.77. The lowest BCUT2D eigenvalue weighted by Crippen LogP contribution is -2.06. The zero-order valence-electron chi connectivity index (χ0n) is 10.7. The summed E-state index contributed by atoms with van der Waals surface area (Å²) in [6.45, 7) is 0.326. The molecule has 0 heterocycles. The molecule has 0 aliphatic carbocycles. The molecule has 0 saturated heterocycles. The van der Waals surface area contributed by atoms with E-state index in [1.807, 2.05) is 18.2 Å². The largest absolute Gasteiger partial charge is 0.488 e. The van der Waals surface area contributed by atoms with E-state index in [0.717, 1.165) is 10.0 Å². The van der Waals surface area contributed by atoms with Gasteiger partial charge in [0.05, 0.1) is 7.11 Å². The maximum Gasteiger partial charge on any atom is 0.341 e. The van der Waals surface area contributed by atoms with Crippen molar-refractivity contribution >= 4 is 33.5 Å². The van der Waals surface area contributed by atoms with Crippen molar-refractivity contribution in [2.45, 2.75) is 6.61 Å². The third kappa shape index (κ3) is 3.74. The molecular weight excluding hydrogens is 344 g/mol. The SMILES string of the molecule is COC(=O)c1cc(Br)ccc1OCc1cccc(Cl)c1. The van der Waals surface area contributed by atoms with Gasteiger partial charge in [0.25, 0.3) is 0 Å². The minimum Gasteiger partial charge on any atom is -0.488 e. The zero-order chi connectivity index (χ0) is 14.5. The number of halogens is 2. The lowest BCUT2D eigenvalue weighted by molar-refractivity contribution is 0.0595. The van der Waals surface area contributed by atoms with Crippen molar-refractivity contribution in [2.75, 3.05) is 7.11 Å². The summed E-state index contributed by atoms with van der Waals surface area (Å²) in [5.41, 5.74) is 1.31. The van der Waals surface area contributed by atoms with Gasteiger partial charge in [0.2, 0.25) is 0 Å². The Morgan fingerprint density at radius 1 is 1.25 bits per heavy atom. The Kier molecular flexibility index (Phi) is 5.04. The van der Waals surface area contributed by atoms with Gasteiger partial charge in [-0.15, -0.1) is 0 Å². The van der Waals surface area contributed by atoms with E-state index in [2.05, 4.69) is 15.9 Å². The van der Waals surface area contributed by atoms with Gasteiger partial charge in [0, 0.05) is 9.50 Å². The molecule has 0 bridgehead atoms. The minimum atomic E-state index is -0.438. The summed E-state index contributed by atoms with van der Waals surface area (Å²) in [6, 6.07) is 12.6. The predicted octanol–water partition coefficient (Wildman–Crippen LogP) is 4.47. The molecule has 2 rings (SSSR count). The highest BCUT2D eigenvalue weighted by molar-refractivity contribution is 9.10. The molecule has 0 radical (unpaired) electrons. The van der Waals surface area contributed by atoms with Crippen molar-refractivity contribution in [3.8, 4) is 5.75 Å². The Hall–Kier alpha value is -1.52. The third-order valence-corrected chi connectivity index (χ3v) is 3.36. The topological polar surface area (TPSA) is 35.5 Å². The summed E-state index contributed by atoms with van der Waals surface area (Å²) in [7, 11) is 1.34. The standard InChI is InChI=1S/C15H12BrClO3/c1-19-15(18)13-8-11(16)5-6-14(13)20-9-10-3-2-4-12(17)7-10/h2-8H,9H2,1H3. The summed E-state index contributed by atoms with van der Waals surface area (Å²) in [6.07, 6.45) is 0.